The molecule has 3 rings (SSSR count). The lowest BCUT2D eigenvalue weighted by molar-refractivity contribution is 0.619. The second-order valence-corrected chi connectivity index (χ2v) is 4.75. The maximum atomic E-state index is 5.68. The highest BCUT2D eigenvalue weighted by molar-refractivity contribution is 7.80. The molecule has 17 heavy (non-hydrogen) atoms. The van der Waals surface area contributed by atoms with Crippen LogP contribution in [0.3, 0.4) is 0 Å². The monoisotopic (exact) mass is 259 g/mol. The van der Waals surface area contributed by atoms with Crippen LogP contribution in [-0.2, 0) is 0 Å². The Kier molecular flexibility index (Phi) is 2.61. The molecule has 0 bridgehead atoms. The van der Waals surface area contributed by atoms with Crippen LogP contribution in [0, 0.1) is 0 Å². The van der Waals surface area contributed by atoms with Crippen LogP contribution in [0.1, 0.15) is 0 Å². The van der Waals surface area contributed by atoms with Crippen molar-refractivity contribution in [3.05, 3.63) is 42.5 Å². The van der Waals surface area contributed by atoms with Gasteiger partial charge >= 0.3 is 0 Å². The van der Waals surface area contributed by atoms with Crippen molar-refractivity contribution in [1.82, 2.24) is 4.98 Å². The molecule has 2 nitrogen and oxygen atoms in total. The van der Waals surface area contributed by atoms with Gasteiger partial charge in [-0.25, -0.2) is 4.98 Å². The summed E-state index contributed by atoms with van der Waals surface area (Å²) in [7, 11) is 0. The molecule has 0 N–H and O–H groups in total. The van der Waals surface area contributed by atoms with Crippen molar-refractivity contribution in [1.29, 1.82) is 0 Å². The van der Waals surface area contributed by atoms with Gasteiger partial charge in [0.2, 0.25) is 5.89 Å². The molecule has 0 saturated carbocycles. The average molecular weight is 259 g/mol. The predicted molar refractivity (Wildman–Crippen MR) is 73.9 cm³/mol. The van der Waals surface area contributed by atoms with Crippen molar-refractivity contribution in [3.63, 3.8) is 0 Å². The fraction of sp³-hybridized carbons (Fsp3) is 0. The molecule has 0 aliphatic heterocycles. The van der Waals surface area contributed by atoms with E-state index in [2.05, 4.69) is 30.2 Å². The summed E-state index contributed by atoms with van der Waals surface area (Å²) in [5, 5.41) is 0. The lowest BCUT2D eigenvalue weighted by Crippen LogP contribution is -1.76. The summed E-state index contributed by atoms with van der Waals surface area (Å²) in [5.74, 6) is 0.618. The minimum atomic E-state index is 0.618. The zero-order valence-corrected chi connectivity index (χ0v) is 10.6. The normalized spacial score (nSPS) is 10.9. The first-order chi connectivity index (χ1) is 8.22. The van der Waals surface area contributed by atoms with E-state index in [0.29, 0.717) is 5.89 Å². The number of benzene rings is 2. The first-order valence-electron chi connectivity index (χ1n) is 5.11. The summed E-state index contributed by atoms with van der Waals surface area (Å²) in [6.07, 6.45) is 0. The molecule has 1 aromatic heterocycles. The molecule has 0 aliphatic carbocycles. The Labute approximate surface area is 109 Å². The van der Waals surface area contributed by atoms with Gasteiger partial charge in [0, 0.05) is 15.4 Å². The summed E-state index contributed by atoms with van der Waals surface area (Å²) in [5.41, 5.74) is 2.54. The van der Waals surface area contributed by atoms with Crippen LogP contribution in [-0.4, -0.2) is 4.98 Å². The minimum Gasteiger partial charge on any atom is -0.436 e. The summed E-state index contributed by atoms with van der Waals surface area (Å²) >= 11 is 8.52. The van der Waals surface area contributed by atoms with Crippen molar-refractivity contribution < 1.29 is 4.42 Å². The third kappa shape index (κ3) is 2.06. The quantitative estimate of drug-likeness (QED) is 0.644. The van der Waals surface area contributed by atoms with Gasteiger partial charge in [-0.2, -0.15) is 0 Å². The number of thiol groups is 2. The highest BCUT2D eigenvalue weighted by Crippen LogP contribution is 2.26. The van der Waals surface area contributed by atoms with Crippen molar-refractivity contribution in [3.8, 4) is 11.5 Å². The number of rotatable bonds is 1. The van der Waals surface area contributed by atoms with Crippen molar-refractivity contribution in [2.75, 3.05) is 0 Å². The molecule has 0 saturated heterocycles. The number of hydrogen-bond donors (Lipinski definition) is 2. The lowest BCUT2D eigenvalue weighted by Gasteiger charge is -1.94. The van der Waals surface area contributed by atoms with E-state index in [1.807, 2.05) is 42.5 Å². The van der Waals surface area contributed by atoms with E-state index in [9.17, 15) is 0 Å². The number of fused-ring (bicyclic) bond motifs is 1. The molecule has 0 unspecified atom stereocenters. The maximum Gasteiger partial charge on any atom is 0.227 e. The van der Waals surface area contributed by atoms with Crippen LogP contribution in [0.4, 0.5) is 0 Å². The zero-order valence-electron chi connectivity index (χ0n) is 8.79. The first kappa shape index (κ1) is 10.7. The van der Waals surface area contributed by atoms with E-state index in [0.717, 1.165) is 26.5 Å². The van der Waals surface area contributed by atoms with Gasteiger partial charge in [-0.05, 0) is 42.5 Å². The van der Waals surface area contributed by atoms with Gasteiger partial charge in [-0.15, -0.1) is 25.3 Å². The van der Waals surface area contributed by atoms with Crippen LogP contribution < -0.4 is 0 Å². The third-order valence-electron chi connectivity index (χ3n) is 2.49. The molecule has 4 heteroatoms. The fourth-order valence-electron chi connectivity index (χ4n) is 1.64. The van der Waals surface area contributed by atoms with Crippen molar-refractivity contribution in [2.24, 2.45) is 0 Å². The summed E-state index contributed by atoms with van der Waals surface area (Å²) < 4.78 is 5.68. The molecular weight excluding hydrogens is 250 g/mol. The Morgan fingerprint density at radius 3 is 2.35 bits per heavy atom. The van der Waals surface area contributed by atoms with Crippen LogP contribution in [0.15, 0.2) is 56.7 Å². The Balaban J connectivity index is 2.14. The van der Waals surface area contributed by atoms with E-state index in [4.69, 9.17) is 4.42 Å². The molecule has 0 atom stereocenters. The van der Waals surface area contributed by atoms with Gasteiger partial charge in [0.1, 0.15) is 5.52 Å². The first-order valence-corrected chi connectivity index (χ1v) is 6.01. The molecule has 0 radical (unpaired) electrons. The standard InChI is InChI=1S/C13H9NOS2/c16-9-3-1-8(2-4-9)13-14-11-7-10(17)5-6-12(11)15-13/h1-7,16-17H. The Morgan fingerprint density at radius 1 is 0.882 bits per heavy atom. The largest absolute Gasteiger partial charge is 0.436 e. The number of oxazole rings is 1. The van der Waals surface area contributed by atoms with Gasteiger partial charge in [-0.3, -0.25) is 0 Å². The van der Waals surface area contributed by atoms with Crippen molar-refractivity contribution in [2.45, 2.75) is 9.79 Å². The van der Waals surface area contributed by atoms with E-state index in [-0.39, 0.29) is 0 Å². The zero-order chi connectivity index (χ0) is 11.8. The SMILES string of the molecule is Sc1ccc(-c2nc3cc(S)ccc3o2)cc1. The van der Waals surface area contributed by atoms with Gasteiger partial charge in [-0.1, -0.05) is 0 Å². The summed E-state index contributed by atoms with van der Waals surface area (Å²) in [4.78, 5) is 6.23. The smallest absolute Gasteiger partial charge is 0.227 e. The van der Waals surface area contributed by atoms with Crippen molar-refractivity contribution >= 4 is 36.4 Å². The summed E-state index contributed by atoms with van der Waals surface area (Å²) in [6.45, 7) is 0. The summed E-state index contributed by atoms with van der Waals surface area (Å²) in [6, 6.07) is 13.4. The van der Waals surface area contributed by atoms with Gasteiger partial charge < -0.3 is 4.42 Å². The number of hydrogen-bond acceptors (Lipinski definition) is 4. The van der Waals surface area contributed by atoms with Crippen LogP contribution in [0.2, 0.25) is 0 Å². The maximum absolute atomic E-state index is 5.68. The van der Waals surface area contributed by atoms with E-state index < -0.39 is 0 Å². The van der Waals surface area contributed by atoms with Gasteiger partial charge in [0.05, 0.1) is 0 Å². The molecule has 1 heterocycles. The molecule has 3 aromatic rings. The second kappa shape index (κ2) is 4.13. The Morgan fingerprint density at radius 2 is 1.59 bits per heavy atom. The highest BCUT2D eigenvalue weighted by Gasteiger charge is 2.07. The van der Waals surface area contributed by atoms with Crippen LogP contribution >= 0.6 is 25.3 Å². The van der Waals surface area contributed by atoms with Crippen LogP contribution in [0.5, 0.6) is 0 Å². The van der Waals surface area contributed by atoms with E-state index in [1.54, 1.807) is 0 Å². The molecule has 0 fully saturated rings. The Bertz CT molecular complexity index is 673. The van der Waals surface area contributed by atoms with Crippen LogP contribution in [0.25, 0.3) is 22.6 Å². The minimum absolute atomic E-state index is 0.618. The third-order valence-corrected chi connectivity index (χ3v) is 3.06. The van der Waals surface area contributed by atoms with Gasteiger partial charge in [0.15, 0.2) is 5.58 Å². The molecule has 0 spiro atoms. The molecule has 0 aliphatic rings. The Hall–Kier alpha value is -1.39. The second-order valence-electron chi connectivity index (χ2n) is 3.72. The molecule has 84 valence electrons. The predicted octanol–water partition coefficient (Wildman–Crippen LogP) is 4.07. The lowest BCUT2D eigenvalue weighted by atomic mass is 10.2. The number of aromatic nitrogens is 1. The average Bonchev–Trinajstić information content (AvgIpc) is 2.72. The van der Waals surface area contributed by atoms with E-state index >= 15 is 0 Å². The van der Waals surface area contributed by atoms with Gasteiger partial charge in [0.25, 0.3) is 0 Å². The highest BCUT2D eigenvalue weighted by atomic mass is 32.1. The molecule has 0 amide bonds. The fourth-order valence-corrected chi connectivity index (χ4v) is 1.99. The van der Waals surface area contributed by atoms with E-state index in [1.165, 1.54) is 0 Å². The number of nitrogens with zero attached hydrogens (tertiary/aromatic N) is 1. The molecule has 2 aromatic carbocycles. The molecular formula is C13H9NOS2. The topological polar surface area (TPSA) is 26.0 Å².